The maximum absolute atomic E-state index is 13.8. The maximum Gasteiger partial charge on any atom is 0.272 e. The van der Waals surface area contributed by atoms with Crippen LogP contribution in [0, 0.1) is 10.1 Å². The molecule has 6 rings (SSSR count). The highest BCUT2D eigenvalue weighted by Crippen LogP contribution is 2.38. The van der Waals surface area contributed by atoms with Gasteiger partial charge in [-0.3, -0.25) is 24.5 Å². The van der Waals surface area contributed by atoms with Gasteiger partial charge in [-0.2, -0.15) is 0 Å². The molecule has 0 radical (unpaired) electrons. The Morgan fingerprint density at radius 3 is 2.23 bits per heavy atom. The monoisotopic (exact) mass is 741 g/mol. The van der Waals surface area contributed by atoms with E-state index in [9.17, 15) is 24.5 Å². The first kappa shape index (κ1) is 36.2. The van der Waals surface area contributed by atoms with E-state index in [1.807, 2.05) is 66.0 Å². The third kappa shape index (κ3) is 9.61. The number of hydrogen-bond donors (Lipinski definition) is 3. The molecule has 5 aromatic carbocycles. The zero-order chi connectivity index (χ0) is 37.2. The lowest BCUT2D eigenvalue weighted by Crippen LogP contribution is -2.30. The molecule has 0 saturated carbocycles. The zero-order valence-corrected chi connectivity index (χ0v) is 29.7. The second kappa shape index (κ2) is 17.1. The van der Waals surface area contributed by atoms with Gasteiger partial charge in [0.15, 0.2) is 5.13 Å². The SMILES string of the molecule is COc1ccc(-c2csc(NC(=O)C(Sc3cccc(NC(=O)/C(=C\c4ccc([N+](=O)[O-])cc4)NC(=O)c4ccccc4)c3)c3ccccc3)n2)cc1. The van der Waals surface area contributed by atoms with Gasteiger partial charge in [-0.05, 0) is 83.9 Å². The van der Waals surface area contributed by atoms with Crippen molar-refractivity contribution < 1.29 is 24.0 Å². The van der Waals surface area contributed by atoms with Crippen molar-refractivity contribution in [1.82, 2.24) is 10.3 Å². The van der Waals surface area contributed by atoms with Crippen LogP contribution in [0.3, 0.4) is 0 Å². The molecule has 0 saturated heterocycles. The van der Waals surface area contributed by atoms with Crippen LogP contribution in [0.5, 0.6) is 5.75 Å². The molecule has 264 valence electrons. The Hall–Kier alpha value is -6.57. The normalized spacial score (nSPS) is 11.6. The molecular weight excluding hydrogens is 711 g/mol. The summed E-state index contributed by atoms with van der Waals surface area (Å²) in [5, 5.41) is 21.3. The second-order valence-corrected chi connectivity index (χ2v) is 13.4. The average molecular weight is 742 g/mol. The predicted octanol–water partition coefficient (Wildman–Crippen LogP) is 8.61. The van der Waals surface area contributed by atoms with E-state index in [2.05, 4.69) is 20.9 Å². The lowest BCUT2D eigenvalue weighted by Gasteiger charge is -2.17. The standard InChI is InChI=1S/C40H31N5O6S2/c1-51-32-21-17-27(18-22-32)35-25-52-40(43-35)44-39(48)36(28-9-4-2-5-10-28)53-33-14-8-13-30(24-33)41-38(47)34(42-37(46)29-11-6-3-7-12-29)23-26-15-19-31(20-16-26)45(49)50/h2-25,36H,1H3,(H,41,47)(H,42,46)(H,43,44,48)/b34-23+. The molecule has 0 bridgehead atoms. The molecule has 0 aliphatic carbocycles. The van der Waals surface area contributed by atoms with E-state index in [0.717, 1.165) is 22.6 Å². The van der Waals surface area contributed by atoms with Gasteiger partial charge in [-0.1, -0.05) is 54.6 Å². The number of amides is 3. The predicted molar refractivity (Wildman–Crippen MR) is 208 cm³/mol. The third-order valence-electron chi connectivity index (χ3n) is 7.75. The number of methoxy groups -OCH3 is 1. The van der Waals surface area contributed by atoms with Crippen molar-refractivity contribution in [3.05, 3.63) is 171 Å². The molecular formula is C40H31N5O6S2. The molecule has 0 aliphatic heterocycles. The van der Waals surface area contributed by atoms with Gasteiger partial charge in [0.25, 0.3) is 17.5 Å². The van der Waals surface area contributed by atoms with Crippen molar-refractivity contribution in [2.75, 3.05) is 17.7 Å². The highest BCUT2D eigenvalue weighted by molar-refractivity contribution is 8.00. The number of non-ortho nitro benzene ring substituents is 1. The fraction of sp³-hybridized carbons (Fsp3) is 0.0500. The number of carbonyl (C=O) groups is 3. The van der Waals surface area contributed by atoms with Crippen LogP contribution < -0.4 is 20.7 Å². The average Bonchev–Trinajstić information content (AvgIpc) is 3.66. The highest BCUT2D eigenvalue weighted by atomic mass is 32.2. The number of rotatable bonds is 13. The quantitative estimate of drug-likeness (QED) is 0.0461. The molecule has 53 heavy (non-hydrogen) atoms. The molecule has 3 amide bonds. The topological polar surface area (TPSA) is 153 Å². The molecule has 11 nitrogen and oxygen atoms in total. The molecule has 1 atom stereocenters. The molecule has 0 spiro atoms. The molecule has 0 aliphatic rings. The number of benzene rings is 5. The largest absolute Gasteiger partial charge is 0.497 e. The van der Waals surface area contributed by atoms with E-state index >= 15 is 0 Å². The first-order valence-corrected chi connectivity index (χ1v) is 17.9. The van der Waals surface area contributed by atoms with E-state index in [4.69, 9.17) is 4.74 Å². The van der Waals surface area contributed by atoms with Gasteiger partial charge in [0, 0.05) is 39.2 Å². The van der Waals surface area contributed by atoms with Crippen LogP contribution in [0.4, 0.5) is 16.5 Å². The number of carbonyl (C=O) groups excluding carboxylic acids is 3. The van der Waals surface area contributed by atoms with Crippen molar-refractivity contribution >= 4 is 63.4 Å². The first-order valence-electron chi connectivity index (χ1n) is 16.1. The number of thioether (sulfide) groups is 1. The van der Waals surface area contributed by atoms with Crippen molar-refractivity contribution in [3.8, 4) is 17.0 Å². The van der Waals surface area contributed by atoms with Crippen molar-refractivity contribution in [2.45, 2.75) is 10.1 Å². The lowest BCUT2D eigenvalue weighted by molar-refractivity contribution is -0.384. The van der Waals surface area contributed by atoms with Gasteiger partial charge >= 0.3 is 0 Å². The second-order valence-electron chi connectivity index (χ2n) is 11.4. The molecule has 3 N–H and O–H groups in total. The van der Waals surface area contributed by atoms with Crippen LogP contribution in [-0.4, -0.2) is 34.7 Å². The summed E-state index contributed by atoms with van der Waals surface area (Å²) in [6.45, 7) is 0. The van der Waals surface area contributed by atoms with Gasteiger partial charge in [0.2, 0.25) is 5.91 Å². The van der Waals surface area contributed by atoms with Gasteiger partial charge in [-0.25, -0.2) is 4.98 Å². The Morgan fingerprint density at radius 2 is 1.55 bits per heavy atom. The molecule has 1 aromatic heterocycles. The van der Waals surface area contributed by atoms with Crippen LogP contribution >= 0.6 is 23.1 Å². The highest BCUT2D eigenvalue weighted by Gasteiger charge is 2.24. The number of thiazole rings is 1. The maximum atomic E-state index is 13.8. The van der Waals surface area contributed by atoms with Crippen LogP contribution in [0.25, 0.3) is 17.3 Å². The van der Waals surface area contributed by atoms with Gasteiger partial charge in [0.05, 0.1) is 17.7 Å². The number of nitrogens with zero attached hydrogens (tertiary/aromatic N) is 2. The smallest absolute Gasteiger partial charge is 0.272 e. The number of anilines is 2. The van der Waals surface area contributed by atoms with Gasteiger partial charge < -0.3 is 20.7 Å². The Labute approximate surface area is 312 Å². The van der Waals surface area contributed by atoms with Crippen LogP contribution in [-0.2, 0) is 9.59 Å². The lowest BCUT2D eigenvalue weighted by atomic mass is 10.1. The molecule has 13 heteroatoms. The minimum atomic E-state index is -0.668. The summed E-state index contributed by atoms with van der Waals surface area (Å²) in [7, 11) is 1.61. The van der Waals surface area contributed by atoms with Crippen LogP contribution in [0.15, 0.2) is 149 Å². The molecule has 6 aromatic rings. The Bertz CT molecular complexity index is 2260. The summed E-state index contributed by atoms with van der Waals surface area (Å²) >= 11 is 2.62. The van der Waals surface area contributed by atoms with Crippen molar-refractivity contribution in [1.29, 1.82) is 0 Å². The van der Waals surface area contributed by atoms with Crippen molar-refractivity contribution in [2.24, 2.45) is 0 Å². The first-order chi connectivity index (χ1) is 25.7. The van der Waals surface area contributed by atoms with E-state index < -0.39 is 22.0 Å². The van der Waals surface area contributed by atoms with Gasteiger partial charge in [0.1, 0.15) is 16.7 Å². The van der Waals surface area contributed by atoms with Crippen LogP contribution in [0.1, 0.15) is 26.7 Å². The number of nitro groups is 1. The summed E-state index contributed by atoms with van der Waals surface area (Å²) in [4.78, 5) is 56.5. The molecule has 0 fully saturated rings. The summed E-state index contributed by atoms with van der Waals surface area (Å²) in [5.74, 6) is -0.670. The number of nitrogens with one attached hydrogen (secondary N) is 3. The minimum absolute atomic E-state index is 0.0789. The van der Waals surface area contributed by atoms with E-state index in [0.29, 0.717) is 26.8 Å². The third-order valence-corrected chi connectivity index (χ3v) is 9.76. The minimum Gasteiger partial charge on any atom is -0.497 e. The Morgan fingerprint density at radius 1 is 0.849 bits per heavy atom. The van der Waals surface area contributed by atoms with E-state index in [1.165, 1.54) is 53.4 Å². The Kier molecular flexibility index (Phi) is 11.7. The number of nitro benzene ring substituents is 1. The number of ether oxygens (including phenoxy) is 1. The van der Waals surface area contributed by atoms with E-state index in [1.54, 1.807) is 55.6 Å². The zero-order valence-electron chi connectivity index (χ0n) is 28.1. The Balaban J connectivity index is 1.21. The summed E-state index contributed by atoms with van der Waals surface area (Å²) in [6, 6.07) is 37.9. The summed E-state index contributed by atoms with van der Waals surface area (Å²) in [5.41, 5.74) is 3.42. The number of aromatic nitrogens is 1. The summed E-state index contributed by atoms with van der Waals surface area (Å²) in [6.07, 6.45) is 1.44. The molecule has 1 unspecified atom stereocenters. The fourth-order valence-corrected chi connectivity index (χ4v) is 6.89. The van der Waals surface area contributed by atoms with E-state index in [-0.39, 0.29) is 17.3 Å². The fourth-order valence-electron chi connectivity index (χ4n) is 5.08. The molecule has 1 heterocycles. The van der Waals surface area contributed by atoms with Gasteiger partial charge in [-0.15, -0.1) is 23.1 Å². The van der Waals surface area contributed by atoms with Crippen molar-refractivity contribution in [3.63, 3.8) is 0 Å². The van der Waals surface area contributed by atoms with Crippen LogP contribution in [0.2, 0.25) is 0 Å². The summed E-state index contributed by atoms with van der Waals surface area (Å²) < 4.78 is 5.24. The number of hydrogen-bond acceptors (Lipinski definition) is 9.